The number of rotatable bonds is 7. The van der Waals surface area contributed by atoms with Crippen molar-refractivity contribution >= 4 is 29.5 Å². The van der Waals surface area contributed by atoms with Gasteiger partial charge in [0.2, 0.25) is 0 Å². The highest BCUT2D eigenvalue weighted by Gasteiger charge is 2.15. The van der Waals surface area contributed by atoms with Gasteiger partial charge in [0, 0.05) is 11.1 Å². The van der Waals surface area contributed by atoms with E-state index in [1.807, 2.05) is 6.07 Å². The number of nitrogens with zero attached hydrogens (tertiary/aromatic N) is 1. The number of carbonyl (C=O) groups is 1. The first-order valence-electron chi connectivity index (χ1n) is 8.07. The zero-order chi connectivity index (χ0) is 20.1. The Labute approximate surface area is 163 Å². The predicted molar refractivity (Wildman–Crippen MR) is 100 cm³/mol. The number of benzene rings is 2. The van der Waals surface area contributed by atoms with Gasteiger partial charge in [0.25, 0.3) is 0 Å². The molecule has 0 saturated heterocycles. The quantitative estimate of drug-likeness (QED) is 0.598. The smallest absolute Gasteiger partial charge is 0.387 e. The Morgan fingerprint density at radius 1 is 1.14 bits per heavy atom. The SMILES string of the molecule is COc1cccc(/C=C/c2nc(-c3ccccc3)c(C(=O)[O-])s2)c1OC(F)F. The molecule has 0 atom stereocenters. The summed E-state index contributed by atoms with van der Waals surface area (Å²) in [6, 6.07) is 13.5. The number of alkyl halides is 2. The molecule has 0 unspecified atom stereocenters. The van der Waals surface area contributed by atoms with E-state index < -0.39 is 12.6 Å². The van der Waals surface area contributed by atoms with Crippen molar-refractivity contribution in [1.82, 2.24) is 4.98 Å². The molecule has 0 aliphatic rings. The summed E-state index contributed by atoms with van der Waals surface area (Å²) >= 11 is 0.931. The lowest BCUT2D eigenvalue weighted by Gasteiger charge is -2.12. The monoisotopic (exact) mass is 402 g/mol. The molecule has 0 spiro atoms. The Morgan fingerprint density at radius 3 is 2.54 bits per heavy atom. The molecule has 5 nitrogen and oxygen atoms in total. The topological polar surface area (TPSA) is 71.5 Å². The van der Waals surface area contributed by atoms with Crippen LogP contribution in [-0.2, 0) is 0 Å². The van der Waals surface area contributed by atoms with Crippen molar-refractivity contribution in [3.05, 3.63) is 64.0 Å². The van der Waals surface area contributed by atoms with Gasteiger partial charge in [-0.15, -0.1) is 11.3 Å². The van der Waals surface area contributed by atoms with Gasteiger partial charge in [-0.05, 0) is 18.2 Å². The van der Waals surface area contributed by atoms with Gasteiger partial charge in [-0.3, -0.25) is 0 Å². The zero-order valence-electron chi connectivity index (χ0n) is 14.6. The van der Waals surface area contributed by atoms with Crippen LogP contribution in [0, 0.1) is 0 Å². The summed E-state index contributed by atoms with van der Waals surface area (Å²) < 4.78 is 35.1. The highest BCUT2D eigenvalue weighted by Crippen LogP contribution is 2.34. The van der Waals surface area contributed by atoms with Crippen molar-refractivity contribution in [1.29, 1.82) is 0 Å². The maximum Gasteiger partial charge on any atom is 0.387 e. The maximum atomic E-state index is 12.7. The fraction of sp³-hybridized carbons (Fsp3) is 0.100. The number of hydrogen-bond donors (Lipinski definition) is 0. The minimum Gasteiger partial charge on any atom is -0.544 e. The van der Waals surface area contributed by atoms with Gasteiger partial charge in [-0.2, -0.15) is 8.78 Å². The molecule has 1 heterocycles. The number of para-hydroxylation sites is 1. The van der Waals surface area contributed by atoms with Crippen molar-refractivity contribution in [2.75, 3.05) is 7.11 Å². The summed E-state index contributed by atoms with van der Waals surface area (Å²) in [6.45, 7) is -3.02. The number of halogens is 2. The first kappa shape index (κ1) is 19.5. The molecule has 0 radical (unpaired) electrons. The van der Waals surface area contributed by atoms with E-state index in [9.17, 15) is 18.7 Å². The summed E-state index contributed by atoms with van der Waals surface area (Å²) in [6.07, 6.45) is 3.03. The van der Waals surface area contributed by atoms with Crippen LogP contribution in [0.25, 0.3) is 23.4 Å². The van der Waals surface area contributed by atoms with Crippen LogP contribution >= 0.6 is 11.3 Å². The van der Waals surface area contributed by atoms with E-state index >= 15 is 0 Å². The Kier molecular flexibility index (Phi) is 6.00. The molecule has 0 saturated carbocycles. The summed E-state index contributed by atoms with van der Waals surface area (Å²) in [5.41, 5.74) is 1.27. The van der Waals surface area contributed by atoms with Crippen LogP contribution in [0.15, 0.2) is 48.5 Å². The van der Waals surface area contributed by atoms with Gasteiger partial charge in [-0.1, -0.05) is 42.5 Å². The fourth-order valence-corrected chi connectivity index (χ4v) is 3.36. The molecule has 2 aromatic carbocycles. The van der Waals surface area contributed by atoms with Crippen LogP contribution in [0.1, 0.15) is 20.2 Å². The molecule has 0 N–H and O–H groups in total. The number of hydrogen-bond acceptors (Lipinski definition) is 6. The third-order valence-electron chi connectivity index (χ3n) is 3.72. The van der Waals surface area contributed by atoms with E-state index in [0.29, 0.717) is 21.8 Å². The van der Waals surface area contributed by atoms with Gasteiger partial charge in [-0.25, -0.2) is 4.98 Å². The van der Waals surface area contributed by atoms with Gasteiger partial charge >= 0.3 is 6.61 Å². The Morgan fingerprint density at radius 2 is 1.89 bits per heavy atom. The second-order valence-corrected chi connectivity index (χ2v) is 6.50. The zero-order valence-corrected chi connectivity index (χ0v) is 15.4. The van der Waals surface area contributed by atoms with Gasteiger partial charge in [0.15, 0.2) is 11.5 Å². The first-order valence-corrected chi connectivity index (χ1v) is 8.88. The Bertz CT molecular complexity index is 1000. The summed E-state index contributed by atoms with van der Waals surface area (Å²) in [4.78, 5) is 15.8. The molecule has 144 valence electrons. The highest BCUT2D eigenvalue weighted by atomic mass is 32.1. The molecule has 3 rings (SSSR count). The van der Waals surface area contributed by atoms with Crippen molar-refractivity contribution in [2.45, 2.75) is 6.61 Å². The fourth-order valence-electron chi connectivity index (χ4n) is 2.54. The average Bonchev–Trinajstić information content (AvgIpc) is 3.12. The van der Waals surface area contributed by atoms with Crippen LogP contribution < -0.4 is 14.6 Å². The van der Waals surface area contributed by atoms with Crippen LogP contribution in [0.5, 0.6) is 11.5 Å². The number of carbonyl (C=O) groups excluding carboxylic acids is 1. The lowest BCUT2D eigenvalue weighted by atomic mass is 10.1. The van der Waals surface area contributed by atoms with E-state index in [1.54, 1.807) is 36.4 Å². The molecule has 0 aliphatic heterocycles. The minimum absolute atomic E-state index is 0.0134. The number of aromatic carboxylic acids is 1. The first-order chi connectivity index (χ1) is 13.5. The summed E-state index contributed by atoms with van der Waals surface area (Å²) in [5, 5.41) is 11.8. The van der Waals surface area contributed by atoms with Crippen molar-refractivity contribution < 1.29 is 28.2 Å². The third kappa shape index (κ3) is 4.34. The van der Waals surface area contributed by atoms with Crippen molar-refractivity contribution in [3.63, 3.8) is 0 Å². The molecule has 0 bridgehead atoms. The second kappa shape index (κ2) is 8.62. The second-order valence-electron chi connectivity index (χ2n) is 5.47. The Hall–Kier alpha value is -3.26. The molecule has 0 fully saturated rings. The molecular formula is C20H14F2NO4S-. The van der Waals surface area contributed by atoms with Crippen molar-refractivity contribution in [3.8, 4) is 22.8 Å². The van der Waals surface area contributed by atoms with Crippen molar-refractivity contribution in [2.24, 2.45) is 0 Å². The van der Waals surface area contributed by atoms with Gasteiger partial charge in [0.05, 0.1) is 23.7 Å². The van der Waals surface area contributed by atoms with E-state index in [1.165, 1.54) is 25.3 Å². The van der Waals surface area contributed by atoms with Crippen LogP contribution in [-0.4, -0.2) is 24.7 Å². The van der Waals surface area contributed by atoms with Crippen LogP contribution in [0.4, 0.5) is 8.78 Å². The number of carboxylic acid groups (broad SMARTS) is 1. The molecule has 3 aromatic rings. The highest BCUT2D eigenvalue weighted by molar-refractivity contribution is 7.14. The number of carboxylic acids is 1. The van der Waals surface area contributed by atoms with E-state index in [-0.39, 0.29) is 16.4 Å². The lowest BCUT2D eigenvalue weighted by molar-refractivity contribution is -0.254. The molecule has 28 heavy (non-hydrogen) atoms. The van der Waals surface area contributed by atoms with Gasteiger partial charge < -0.3 is 19.4 Å². The van der Waals surface area contributed by atoms with E-state index in [4.69, 9.17) is 4.74 Å². The minimum atomic E-state index is -3.02. The third-order valence-corrected chi connectivity index (χ3v) is 4.72. The normalized spacial score (nSPS) is 11.1. The molecule has 0 amide bonds. The lowest BCUT2D eigenvalue weighted by Crippen LogP contribution is -2.21. The number of aromatic nitrogens is 1. The molecule has 1 aromatic heterocycles. The van der Waals surface area contributed by atoms with E-state index in [0.717, 1.165) is 11.3 Å². The summed E-state index contributed by atoms with van der Waals surface area (Å²) in [5.74, 6) is -1.29. The number of thiazole rings is 1. The van der Waals surface area contributed by atoms with Crippen LogP contribution in [0.2, 0.25) is 0 Å². The largest absolute Gasteiger partial charge is 0.544 e. The maximum absolute atomic E-state index is 12.7. The molecule has 8 heteroatoms. The Balaban J connectivity index is 1.99. The van der Waals surface area contributed by atoms with Crippen LogP contribution in [0.3, 0.4) is 0 Å². The molecule has 0 aliphatic carbocycles. The predicted octanol–water partition coefficient (Wildman–Crippen LogP) is 3.95. The van der Waals surface area contributed by atoms with Gasteiger partial charge in [0.1, 0.15) is 5.01 Å². The average molecular weight is 402 g/mol. The molecular weight excluding hydrogens is 388 g/mol. The standard InChI is InChI=1S/C20H15F2NO4S/c1-26-14-9-5-8-13(17(14)27-20(21)22)10-11-15-23-16(18(28-15)19(24)25)12-6-3-2-4-7-12/h2-11,20H,1H3,(H,24,25)/p-1/b11-10+. The van der Waals surface area contributed by atoms with E-state index in [2.05, 4.69) is 9.72 Å². The summed E-state index contributed by atoms with van der Waals surface area (Å²) in [7, 11) is 1.35. The number of ether oxygens (including phenoxy) is 2. The number of methoxy groups -OCH3 is 1.